The van der Waals surface area contributed by atoms with Crippen molar-refractivity contribution in [3.05, 3.63) is 212 Å². The van der Waals surface area contributed by atoms with E-state index < -0.39 is 0 Å². The molecule has 0 saturated heterocycles. The fraction of sp³-hybridized carbons (Fsp3) is 0. The number of benzene rings is 10. The van der Waals surface area contributed by atoms with E-state index in [-0.39, 0.29) is 0 Å². The normalized spacial score (nSPS) is 11.7. The predicted molar refractivity (Wildman–Crippen MR) is 253 cm³/mol. The van der Waals surface area contributed by atoms with Gasteiger partial charge in [0.15, 0.2) is 0 Å². The molecule has 2 aromatic heterocycles. The molecule has 2 heterocycles. The van der Waals surface area contributed by atoms with Crippen molar-refractivity contribution in [3.63, 3.8) is 0 Å². The summed E-state index contributed by atoms with van der Waals surface area (Å²) in [6.45, 7) is 0. The molecule has 0 atom stereocenters. The molecule has 0 fully saturated rings. The van der Waals surface area contributed by atoms with Gasteiger partial charge in [-0.05, 0) is 69.2 Å². The van der Waals surface area contributed by atoms with Crippen molar-refractivity contribution < 1.29 is 4.42 Å². The van der Waals surface area contributed by atoms with Crippen LogP contribution in [0.4, 0.5) is 17.1 Å². The lowest BCUT2D eigenvalue weighted by Crippen LogP contribution is -2.13. The number of hydrogen-bond donors (Lipinski definition) is 0. The van der Waals surface area contributed by atoms with Crippen LogP contribution >= 0.6 is 11.3 Å². The van der Waals surface area contributed by atoms with Crippen molar-refractivity contribution in [3.8, 4) is 33.4 Å². The third-order valence-electron chi connectivity index (χ3n) is 11.9. The molecule has 0 spiro atoms. The SMILES string of the molecule is c1ccc(-c2c(N(c3ccc(-c4cccc5sc6ccccc6c45)cc3)c3ccccc3-c3cccc4c3oc3ccccc34)c3ccccc3c3ccccc23)cc1. The molecule has 0 aliphatic rings. The molecule has 12 rings (SSSR count). The molecule has 0 unspecified atom stereocenters. The molecule has 0 amide bonds. The third kappa shape index (κ3) is 5.33. The molecule has 59 heavy (non-hydrogen) atoms. The van der Waals surface area contributed by atoms with E-state index in [1.54, 1.807) is 0 Å². The number of thiophene rings is 1. The molecule has 0 saturated carbocycles. The van der Waals surface area contributed by atoms with Crippen LogP contribution in [0.5, 0.6) is 0 Å². The first-order valence-corrected chi connectivity index (χ1v) is 20.9. The minimum absolute atomic E-state index is 0.888. The van der Waals surface area contributed by atoms with Gasteiger partial charge in [0.2, 0.25) is 0 Å². The average molecular weight is 770 g/mol. The van der Waals surface area contributed by atoms with Crippen LogP contribution in [0.3, 0.4) is 0 Å². The monoisotopic (exact) mass is 769 g/mol. The number of nitrogens with zero attached hydrogens (tertiary/aromatic N) is 1. The van der Waals surface area contributed by atoms with E-state index in [1.165, 1.54) is 64.0 Å². The Morgan fingerprint density at radius 1 is 0.356 bits per heavy atom. The van der Waals surface area contributed by atoms with Crippen LogP contribution in [0.2, 0.25) is 0 Å². The Morgan fingerprint density at radius 3 is 1.76 bits per heavy atom. The second-order valence-corrected chi connectivity index (χ2v) is 16.2. The second kappa shape index (κ2) is 13.6. The fourth-order valence-corrected chi connectivity index (χ4v) is 10.4. The zero-order valence-corrected chi connectivity index (χ0v) is 32.8. The van der Waals surface area contributed by atoms with Crippen molar-refractivity contribution in [2.45, 2.75) is 0 Å². The summed E-state index contributed by atoms with van der Waals surface area (Å²) in [7, 11) is 0. The summed E-state index contributed by atoms with van der Waals surface area (Å²) in [5, 5.41) is 9.69. The first-order chi connectivity index (χ1) is 29.3. The molecule has 2 nitrogen and oxygen atoms in total. The van der Waals surface area contributed by atoms with E-state index >= 15 is 0 Å². The Bertz CT molecular complexity index is 3560. The van der Waals surface area contributed by atoms with Crippen molar-refractivity contribution in [1.29, 1.82) is 0 Å². The number of rotatable bonds is 6. The van der Waals surface area contributed by atoms with E-state index in [0.29, 0.717) is 0 Å². The Kier molecular flexibility index (Phi) is 7.75. The molecule has 12 aromatic rings. The van der Waals surface area contributed by atoms with Crippen LogP contribution in [0.1, 0.15) is 0 Å². The standard InChI is InChI=1S/C56H35NOS/c1-2-16-37(17-3-1)53-44-22-6-4-18-40(44)41-19-5-7-23-45(41)55(53)57(38-34-32-36(33-35-38)39-25-15-31-52-54(39)48-24-10-13-30-51(48)59-52)49-28-11-8-20-42(49)46-26-14-27-47-43-21-9-12-29-50(43)58-56(46)47/h1-35H. The summed E-state index contributed by atoms with van der Waals surface area (Å²) >= 11 is 1.86. The van der Waals surface area contributed by atoms with Gasteiger partial charge in [-0.3, -0.25) is 0 Å². The molecule has 0 aliphatic carbocycles. The number of anilines is 3. The number of hydrogen-bond acceptors (Lipinski definition) is 3. The van der Waals surface area contributed by atoms with Crippen molar-refractivity contribution >= 4 is 92.1 Å². The van der Waals surface area contributed by atoms with Gasteiger partial charge in [0.1, 0.15) is 11.2 Å². The summed E-state index contributed by atoms with van der Waals surface area (Å²) in [5.74, 6) is 0. The summed E-state index contributed by atoms with van der Waals surface area (Å²) < 4.78 is 9.33. The Hall–Kier alpha value is -7.46. The van der Waals surface area contributed by atoms with Crippen LogP contribution in [0.25, 0.3) is 97.0 Å². The molecular formula is C56H35NOS. The summed E-state index contributed by atoms with van der Waals surface area (Å²) in [6, 6.07) is 77.0. The molecular weight excluding hydrogens is 735 g/mol. The first-order valence-electron chi connectivity index (χ1n) is 20.1. The lowest BCUT2D eigenvalue weighted by atomic mass is 9.89. The molecule has 0 radical (unpaired) electrons. The maximum Gasteiger partial charge on any atom is 0.143 e. The molecule has 276 valence electrons. The minimum atomic E-state index is 0.888. The van der Waals surface area contributed by atoms with Gasteiger partial charge >= 0.3 is 0 Å². The lowest BCUT2D eigenvalue weighted by Gasteiger charge is -2.32. The molecule has 0 bridgehead atoms. The van der Waals surface area contributed by atoms with E-state index in [1.807, 2.05) is 17.4 Å². The van der Waals surface area contributed by atoms with Crippen LogP contribution < -0.4 is 4.90 Å². The molecule has 3 heteroatoms. The molecule has 0 aliphatic heterocycles. The Labute approximate surface area is 345 Å². The zero-order valence-electron chi connectivity index (χ0n) is 32.0. The quantitative estimate of drug-likeness (QED) is 0.157. The number of fused-ring (bicyclic) bond motifs is 9. The van der Waals surface area contributed by atoms with Gasteiger partial charge in [-0.2, -0.15) is 0 Å². The highest BCUT2D eigenvalue weighted by Gasteiger charge is 2.26. The van der Waals surface area contributed by atoms with Crippen molar-refractivity contribution in [2.75, 3.05) is 4.90 Å². The fourth-order valence-electron chi connectivity index (χ4n) is 9.30. The van der Waals surface area contributed by atoms with Crippen molar-refractivity contribution in [2.24, 2.45) is 0 Å². The zero-order chi connectivity index (χ0) is 38.9. The number of para-hydroxylation sites is 3. The summed E-state index contributed by atoms with van der Waals surface area (Å²) in [4.78, 5) is 2.50. The minimum Gasteiger partial charge on any atom is -0.455 e. The smallest absolute Gasteiger partial charge is 0.143 e. The van der Waals surface area contributed by atoms with Gasteiger partial charge in [-0.25, -0.2) is 0 Å². The van der Waals surface area contributed by atoms with Gasteiger partial charge in [0.25, 0.3) is 0 Å². The first kappa shape index (κ1) is 33.7. The summed E-state index contributed by atoms with van der Waals surface area (Å²) in [6.07, 6.45) is 0. The van der Waals surface area contributed by atoms with Gasteiger partial charge in [-0.1, -0.05) is 176 Å². The predicted octanol–water partition coefficient (Wildman–Crippen LogP) is 16.7. The Balaban J connectivity index is 1.17. The van der Waals surface area contributed by atoms with Crippen LogP contribution in [0, 0.1) is 0 Å². The average Bonchev–Trinajstić information content (AvgIpc) is 3.89. The van der Waals surface area contributed by atoms with Gasteiger partial charge in [0, 0.05) is 58.7 Å². The lowest BCUT2D eigenvalue weighted by molar-refractivity contribution is 0.670. The van der Waals surface area contributed by atoms with Gasteiger partial charge in [0.05, 0.1) is 11.4 Å². The van der Waals surface area contributed by atoms with Gasteiger partial charge in [-0.15, -0.1) is 11.3 Å². The van der Waals surface area contributed by atoms with Crippen molar-refractivity contribution in [1.82, 2.24) is 0 Å². The van der Waals surface area contributed by atoms with Crippen LogP contribution in [-0.4, -0.2) is 0 Å². The molecule has 0 N–H and O–H groups in total. The highest BCUT2D eigenvalue weighted by atomic mass is 32.1. The van der Waals surface area contributed by atoms with Crippen LogP contribution in [0.15, 0.2) is 217 Å². The topological polar surface area (TPSA) is 16.4 Å². The van der Waals surface area contributed by atoms with E-state index in [9.17, 15) is 0 Å². The largest absolute Gasteiger partial charge is 0.455 e. The van der Waals surface area contributed by atoms with E-state index in [4.69, 9.17) is 4.42 Å². The molecule has 10 aromatic carbocycles. The third-order valence-corrected chi connectivity index (χ3v) is 13.0. The maximum atomic E-state index is 6.71. The highest BCUT2D eigenvalue weighted by Crippen LogP contribution is 2.52. The van der Waals surface area contributed by atoms with Crippen LogP contribution in [-0.2, 0) is 0 Å². The number of furan rings is 1. The highest BCUT2D eigenvalue weighted by molar-refractivity contribution is 7.25. The van der Waals surface area contributed by atoms with E-state index in [2.05, 4.69) is 211 Å². The Morgan fingerprint density at radius 2 is 0.932 bits per heavy atom. The second-order valence-electron chi connectivity index (χ2n) is 15.1. The maximum absolute atomic E-state index is 6.71. The van der Waals surface area contributed by atoms with E-state index in [0.717, 1.165) is 50.1 Å². The summed E-state index contributed by atoms with van der Waals surface area (Å²) in [5.41, 5.74) is 12.0. The van der Waals surface area contributed by atoms with Gasteiger partial charge < -0.3 is 9.32 Å².